The average Bonchev–Trinajstić information content (AvgIpc) is 2.50. The molecule has 1 N–H and O–H groups in total. The predicted octanol–water partition coefficient (Wildman–Crippen LogP) is 4.52. The maximum atomic E-state index is 10.7. The molecule has 2 rings (SSSR count). The van der Waals surface area contributed by atoms with E-state index in [4.69, 9.17) is 0 Å². The van der Waals surface area contributed by atoms with Crippen molar-refractivity contribution in [1.29, 1.82) is 0 Å². The first-order chi connectivity index (χ1) is 11.8. The number of benzene rings is 1. The molecule has 4 nitrogen and oxygen atoms in total. The van der Waals surface area contributed by atoms with Gasteiger partial charge in [-0.15, -0.1) is 0 Å². The van der Waals surface area contributed by atoms with Crippen LogP contribution in [0.5, 0.6) is 5.75 Å². The molecule has 0 saturated heterocycles. The molecule has 1 aromatic carbocycles. The van der Waals surface area contributed by atoms with E-state index in [2.05, 4.69) is 65.3 Å². The second-order valence-electron chi connectivity index (χ2n) is 8.52. The average molecular weight is 358 g/mol. The topological polar surface area (TPSA) is 63.6 Å². The summed E-state index contributed by atoms with van der Waals surface area (Å²) >= 11 is 0. The second kappa shape index (κ2) is 7.90. The van der Waals surface area contributed by atoms with E-state index in [0.29, 0.717) is 5.75 Å². The van der Waals surface area contributed by atoms with Crippen LogP contribution in [0.3, 0.4) is 0 Å². The Hall–Kier alpha value is -2.36. The molecule has 0 spiro atoms. The monoisotopic (exact) mass is 358 g/mol. The van der Waals surface area contributed by atoms with Gasteiger partial charge in [0.15, 0.2) is 11.5 Å². The number of hydrogen-bond acceptors (Lipinski definition) is 4. The highest BCUT2D eigenvalue weighted by Crippen LogP contribution is 2.39. The minimum absolute atomic E-state index is 0.0178. The van der Waals surface area contributed by atoms with E-state index in [9.17, 15) is 14.7 Å². The number of methoxy groups -OCH3 is 1. The number of ether oxygens (including phenoxy) is 1. The predicted molar refractivity (Wildman–Crippen MR) is 104 cm³/mol. The van der Waals surface area contributed by atoms with Crippen LogP contribution in [0.1, 0.15) is 58.2 Å². The number of aryl methyl sites for hydroxylation is 1. The molecule has 0 aromatic heterocycles. The summed E-state index contributed by atoms with van der Waals surface area (Å²) in [5.41, 5.74) is 3.26. The Balaban J connectivity index is 0.000000289. The minimum atomic E-state index is -0.262. The van der Waals surface area contributed by atoms with E-state index in [1.54, 1.807) is 0 Å². The van der Waals surface area contributed by atoms with Crippen molar-refractivity contribution in [3.8, 4) is 5.75 Å². The van der Waals surface area contributed by atoms with Crippen molar-refractivity contribution in [3.05, 3.63) is 52.8 Å². The van der Waals surface area contributed by atoms with Gasteiger partial charge in [-0.3, -0.25) is 9.59 Å². The van der Waals surface area contributed by atoms with E-state index in [-0.39, 0.29) is 28.2 Å². The number of hydrogen-bond donors (Lipinski definition) is 1. The molecule has 0 saturated carbocycles. The van der Waals surface area contributed by atoms with Crippen molar-refractivity contribution in [1.82, 2.24) is 0 Å². The standard InChI is InChI=1S/C15H24O.C7H6O3/c1-10-8-11(14(2,3)4)13(16)12(9-10)15(5,6)7;1-10-7-4-5(8)2-3-6(7)9/h8-9,16H,1-7H3;2-4H,1H3. The zero-order valence-electron chi connectivity index (χ0n) is 17.1. The minimum Gasteiger partial charge on any atom is -0.507 e. The van der Waals surface area contributed by atoms with Gasteiger partial charge in [-0.2, -0.15) is 0 Å². The number of carbonyl (C=O) groups is 2. The molecular weight excluding hydrogens is 328 g/mol. The summed E-state index contributed by atoms with van der Waals surface area (Å²) in [7, 11) is 1.36. The van der Waals surface area contributed by atoms with Crippen LogP contribution in [0.15, 0.2) is 36.1 Å². The molecule has 0 aliphatic heterocycles. The lowest BCUT2D eigenvalue weighted by Gasteiger charge is -2.27. The lowest BCUT2D eigenvalue weighted by molar-refractivity contribution is -0.116. The number of phenols is 1. The molecule has 0 unspecified atom stereocenters. The first-order valence-electron chi connectivity index (χ1n) is 8.64. The van der Waals surface area contributed by atoms with Gasteiger partial charge in [-0.25, -0.2) is 0 Å². The number of allylic oxidation sites excluding steroid dienone is 3. The Bertz CT molecular complexity index is 718. The SMILES string of the molecule is COC1=CC(=O)C=CC1=O.Cc1cc(C(C)(C)C)c(O)c(C(C)(C)C)c1. The molecule has 0 fully saturated rings. The van der Waals surface area contributed by atoms with Gasteiger partial charge in [0.1, 0.15) is 5.75 Å². The zero-order valence-corrected chi connectivity index (χ0v) is 17.1. The van der Waals surface area contributed by atoms with Crippen molar-refractivity contribution >= 4 is 11.6 Å². The van der Waals surface area contributed by atoms with Crippen molar-refractivity contribution < 1.29 is 19.4 Å². The summed E-state index contributed by atoms with van der Waals surface area (Å²) in [4.78, 5) is 21.3. The molecule has 0 atom stereocenters. The Morgan fingerprint density at radius 2 is 1.35 bits per heavy atom. The highest BCUT2D eigenvalue weighted by molar-refractivity contribution is 6.16. The largest absolute Gasteiger partial charge is 0.507 e. The lowest BCUT2D eigenvalue weighted by atomic mass is 9.78. The molecule has 26 heavy (non-hydrogen) atoms. The Labute approximate surface area is 156 Å². The Morgan fingerprint density at radius 1 is 0.885 bits per heavy atom. The summed E-state index contributed by atoms with van der Waals surface area (Å²) in [5.74, 6) is 0.0941. The highest BCUT2D eigenvalue weighted by Gasteiger charge is 2.25. The van der Waals surface area contributed by atoms with Gasteiger partial charge < -0.3 is 9.84 Å². The Morgan fingerprint density at radius 3 is 1.69 bits per heavy atom. The van der Waals surface area contributed by atoms with Gasteiger partial charge in [0.2, 0.25) is 5.78 Å². The number of ketones is 2. The van der Waals surface area contributed by atoms with Gasteiger partial charge in [0.25, 0.3) is 0 Å². The number of carbonyl (C=O) groups excluding carboxylic acids is 2. The number of phenolic OH excluding ortho intramolecular Hbond substituents is 1. The van der Waals surface area contributed by atoms with E-state index < -0.39 is 0 Å². The number of aromatic hydroxyl groups is 1. The van der Waals surface area contributed by atoms with Gasteiger partial charge in [0, 0.05) is 6.08 Å². The van der Waals surface area contributed by atoms with Crippen molar-refractivity contribution in [2.24, 2.45) is 0 Å². The van der Waals surface area contributed by atoms with Crippen molar-refractivity contribution in [3.63, 3.8) is 0 Å². The van der Waals surface area contributed by atoms with Crippen LogP contribution in [0.25, 0.3) is 0 Å². The quantitative estimate of drug-likeness (QED) is 0.750. The van der Waals surface area contributed by atoms with E-state index in [1.165, 1.54) is 30.9 Å². The third-order valence-electron chi connectivity index (χ3n) is 4.01. The second-order valence-corrected chi connectivity index (χ2v) is 8.52. The Kier molecular flexibility index (Phi) is 6.59. The van der Waals surface area contributed by atoms with Gasteiger partial charge >= 0.3 is 0 Å². The van der Waals surface area contributed by atoms with E-state index >= 15 is 0 Å². The molecule has 0 amide bonds. The van der Waals surface area contributed by atoms with Gasteiger partial charge in [-0.1, -0.05) is 59.2 Å². The zero-order chi connectivity index (χ0) is 20.3. The van der Waals surface area contributed by atoms with Crippen LogP contribution in [0.2, 0.25) is 0 Å². The van der Waals surface area contributed by atoms with Crippen molar-refractivity contribution in [2.45, 2.75) is 59.3 Å². The normalized spacial score (nSPS) is 14.5. The number of rotatable bonds is 1. The smallest absolute Gasteiger partial charge is 0.220 e. The maximum absolute atomic E-state index is 10.7. The van der Waals surface area contributed by atoms with Gasteiger partial charge in [-0.05, 0) is 41.0 Å². The molecule has 4 heteroatoms. The molecule has 0 radical (unpaired) electrons. The maximum Gasteiger partial charge on any atom is 0.220 e. The van der Waals surface area contributed by atoms with Crippen LogP contribution in [-0.4, -0.2) is 23.8 Å². The van der Waals surface area contributed by atoms with Crippen LogP contribution in [-0.2, 0) is 25.2 Å². The third kappa shape index (κ3) is 5.58. The first-order valence-corrected chi connectivity index (χ1v) is 8.64. The van der Waals surface area contributed by atoms with E-state index in [0.717, 1.165) is 11.1 Å². The fraction of sp³-hybridized carbons (Fsp3) is 0.455. The van der Waals surface area contributed by atoms with Crippen LogP contribution >= 0.6 is 0 Å². The molecule has 142 valence electrons. The third-order valence-corrected chi connectivity index (χ3v) is 4.01. The molecule has 1 aromatic rings. The summed E-state index contributed by atoms with van der Waals surface area (Å²) in [6.45, 7) is 14.9. The summed E-state index contributed by atoms with van der Waals surface area (Å²) < 4.78 is 4.61. The summed E-state index contributed by atoms with van der Waals surface area (Å²) in [6, 6.07) is 4.18. The van der Waals surface area contributed by atoms with Crippen LogP contribution < -0.4 is 0 Å². The van der Waals surface area contributed by atoms with E-state index in [1.807, 2.05) is 0 Å². The van der Waals surface area contributed by atoms with Crippen LogP contribution in [0.4, 0.5) is 0 Å². The lowest BCUT2D eigenvalue weighted by Crippen LogP contribution is -2.17. The molecule has 1 aliphatic rings. The molecule has 0 bridgehead atoms. The molecule has 1 aliphatic carbocycles. The first kappa shape index (κ1) is 21.7. The molecular formula is C22H30O4. The highest BCUT2D eigenvalue weighted by atomic mass is 16.5. The fourth-order valence-electron chi connectivity index (χ4n) is 2.57. The summed E-state index contributed by atoms with van der Waals surface area (Å²) in [6.07, 6.45) is 3.58. The fourth-order valence-corrected chi connectivity index (χ4v) is 2.57. The van der Waals surface area contributed by atoms with Gasteiger partial charge in [0.05, 0.1) is 7.11 Å². The van der Waals surface area contributed by atoms with Crippen LogP contribution in [0, 0.1) is 6.92 Å². The van der Waals surface area contributed by atoms with Crippen molar-refractivity contribution in [2.75, 3.05) is 7.11 Å². The molecule has 0 heterocycles. The summed E-state index contributed by atoms with van der Waals surface area (Å²) in [5, 5.41) is 10.4.